The highest BCUT2D eigenvalue weighted by Crippen LogP contribution is 2.36. The van der Waals surface area contributed by atoms with Gasteiger partial charge < -0.3 is 16.0 Å². The van der Waals surface area contributed by atoms with E-state index < -0.39 is 0 Å². The fourth-order valence-electron chi connectivity index (χ4n) is 2.93. The lowest BCUT2D eigenvalue weighted by Gasteiger charge is -2.44. The van der Waals surface area contributed by atoms with Crippen molar-refractivity contribution < 1.29 is 4.79 Å². The first-order valence-electron chi connectivity index (χ1n) is 5.53. The van der Waals surface area contributed by atoms with E-state index in [0.29, 0.717) is 0 Å². The Labute approximate surface area is 90.4 Å². The number of hydrogen-bond donors (Lipinski definition) is 3. The lowest BCUT2D eigenvalue weighted by molar-refractivity contribution is 0.0730. The highest BCUT2D eigenvalue weighted by molar-refractivity contribution is 5.74. The monoisotopic (exact) mass is 212 g/mol. The summed E-state index contributed by atoms with van der Waals surface area (Å²) < 4.78 is 0. The van der Waals surface area contributed by atoms with Crippen molar-refractivity contribution in [3.05, 3.63) is 0 Å². The van der Waals surface area contributed by atoms with Crippen molar-refractivity contribution in [1.82, 2.24) is 15.5 Å². The van der Waals surface area contributed by atoms with Crippen LogP contribution in [0.1, 0.15) is 26.7 Å². The molecule has 2 fully saturated rings. The number of rotatable bonds is 0. The molecule has 2 saturated heterocycles. The maximum atomic E-state index is 11.6. The Balaban J connectivity index is 2.28. The van der Waals surface area contributed by atoms with Gasteiger partial charge in [0.15, 0.2) is 0 Å². The fourth-order valence-corrected chi connectivity index (χ4v) is 2.93. The Morgan fingerprint density at radius 3 is 2.47 bits per heavy atom. The van der Waals surface area contributed by atoms with Crippen LogP contribution in [0.3, 0.4) is 0 Å². The molecule has 5 nitrogen and oxygen atoms in total. The van der Waals surface area contributed by atoms with Crippen molar-refractivity contribution in [3.63, 3.8) is 0 Å². The van der Waals surface area contributed by atoms with Gasteiger partial charge in [0, 0.05) is 6.54 Å². The first kappa shape index (κ1) is 10.7. The number of urea groups is 1. The molecule has 1 spiro atoms. The summed E-state index contributed by atoms with van der Waals surface area (Å²) in [6, 6.07) is -0.313. The fraction of sp³-hybridized carbons (Fsp3) is 0.900. The highest BCUT2D eigenvalue weighted by Gasteiger charge is 2.52. The highest BCUT2D eigenvalue weighted by atomic mass is 16.2. The molecule has 4 N–H and O–H groups in total. The van der Waals surface area contributed by atoms with Crippen LogP contribution in [0.5, 0.6) is 0 Å². The van der Waals surface area contributed by atoms with E-state index in [1.165, 1.54) is 0 Å². The van der Waals surface area contributed by atoms with Crippen LogP contribution in [0, 0.1) is 0 Å². The van der Waals surface area contributed by atoms with Crippen molar-refractivity contribution in [1.29, 1.82) is 0 Å². The number of nitrogens with one attached hydrogen (secondary N) is 2. The van der Waals surface area contributed by atoms with Gasteiger partial charge in [-0.25, -0.2) is 4.79 Å². The molecule has 15 heavy (non-hydrogen) atoms. The van der Waals surface area contributed by atoms with Gasteiger partial charge in [-0.3, -0.25) is 5.32 Å². The van der Waals surface area contributed by atoms with E-state index in [0.717, 1.165) is 32.5 Å². The Kier molecular flexibility index (Phi) is 2.39. The normalized spacial score (nSPS) is 28.3. The van der Waals surface area contributed by atoms with Gasteiger partial charge in [0.25, 0.3) is 0 Å². The maximum absolute atomic E-state index is 11.6. The number of nitrogens with two attached hydrogens (primary N) is 1. The molecule has 0 bridgehead atoms. The quantitative estimate of drug-likeness (QED) is 0.522. The molecule has 0 atom stereocenters. The van der Waals surface area contributed by atoms with E-state index in [1.807, 2.05) is 18.7 Å². The minimum Gasteiger partial charge on any atom is -0.351 e. The third-order valence-electron chi connectivity index (χ3n) is 3.64. The van der Waals surface area contributed by atoms with E-state index in [4.69, 9.17) is 5.73 Å². The number of hydrogen-bond acceptors (Lipinski definition) is 3. The molecule has 86 valence electrons. The number of amides is 2. The molecule has 0 saturated carbocycles. The molecule has 0 aliphatic carbocycles. The smallest absolute Gasteiger partial charge is 0.316 e. The molecular formula is C10H20N4O. The average molecular weight is 212 g/mol. The Morgan fingerprint density at radius 2 is 1.93 bits per heavy atom. The van der Waals surface area contributed by atoms with E-state index >= 15 is 0 Å². The second kappa shape index (κ2) is 3.35. The van der Waals surface area contributed by atoms with E-state index in [1.54, 1.807) is 0 Å². The van der Waals surface area contributed by atoms with Crippen LogP contribution < -0.4 is 16.4 Å². The number of primary amides is 1. The summed E-state index contributed by atoms with van der Waals surface area (Å²) in [7, 11) is 0. The number of nitrogens with zero attached hydrogens (tertiary/aromatic N) is 1. The lowest BCUT2D eigenvalue weighted by atomic mass is 9.87. The van der Waals surface area contributed by atoms with Crippen molar-refractivity contribution in [2.75, 3.05) is 19.6 Å². The summed E-state index contributed by atoms with van der Waals surface area (Å²) in [5.41, 5.74) is 5.12. The van der Waals surface area contributed by atoms with Crippen molar-refractivity contribution >= 4 is 6.03 Å². The average Bonchev–Trinajstić information content (AvgIpc) is 2.39. The van der Waals surface area contributed by atoms with Gasteiger partial charge in [-0.05, 0) is 39.8 Å². The van der Waals surface area contributed by atoms with Gasteiger partial charge in [-0.1, -0.05) is 0 Å². The maximum Gasteiger partial charge on any atom is 0.316 e. The van der Waals surface area contributed by atoms with Gasteiger partial charge in [0.1, 0.15) is 0 Å². The second-order valence-electron chi connectivity index (χ2n) is 5.06. The van der Waals surface area contributed by atoms with Crippen LogP contribution in [0.25, 0.3) is 0 Å². The van der Waals surface area contributed by atoms with Gasteiger partial charge in [0.2, 0.25) is 0 Å². The zero-order valence-corrected chi connectivity index (χ0v) is 9.47. The van der Waals surface area contributed by atoms with E-state index in [9.17, 15) is 4.79 Å². The van der Waals surface area contributed by atoms with Crippen molar-refractivity contribution in [3.8, 4) is 0 Å². The van der Waals surface area contributed by atoms with Crippen molar-refractivity contribution in [2.24, 2.45) is 5.73 Å². The largest absolute Gasteiger partial charge is 0.351 e. The Hall–Kier alpha value is -0.810. The van der Waals surface area contributed by atoms with E-state index in [2.05, 4.69) is 10.6 Å². The third kappa shape index (κ3) is 1.59. The van der Waals surface area contributed by atoms with Crippen LogP contribution >= 0.6 is 0 Å². The topological polar surface area (TPSA) is 70.4 Å². The third-order valence-corrected chi connectivity index (χ3v) is 3.64. The lowest BCUT2D eigenvalue weighted by Crippen LogP contribution is -2.61. The molecule has 0 radical (unpaired) electrons. The molecule has 2 rings (SSSR count). The number of piperidine rings is 1. The predicted octanol–water partition coefficient (Wildman–Crippen LogP) is -0.171. The second-order valence-corrected chi connectivity index (χ2v) is 5.06. The SMILES string of the molecule is CC1(C)NCC2(CCNCC2)N1C(N)=O. The first-order chi connectivity index (χ1) is 6.98. The van der Waals surface area contributed by atoms with Gasteiger partial charge >= 0.3 is 6.03 Å². The molecule has 0 aromatic heterocycles. The summed E-state index contributed by atoms with van der Waals surface area (Å²) in [6.07, 6.45) is 1.96. The summed E-state index contributed by atoms with van der Waals surface area (Å²) in [5.74, 6) is 0. The minimum atomic E-state index is -0.316. The molecule has 5 heteroatoms. The summed E-state index contributed by atoms with van der Waals surface area (Å²) in [6.45, 7) is 6.79. The molecule has 2 aliphatic heterocycles. The Bertz CT molecular complexity index is 271. The molecule has 2 heterocycles. The zero-order valence-electron chi connectivity index (χ0n) is 9.47. The number of carbonyl (C=O) groups excluding carboxylic acids is 1. The molecule has 2 aliphatic rings. The molecule has 0 aromatic carbocycles. The van der Waals surface area contributed by atoms with Crippen LogP contribution in [0.4, 0.5) is 4.79 Å². The molecule has 2 amide bonds. The van der Waals surface area contributed by atoms with Crippen LogP contribution in [0.2, 0.25) is 0 Å². The minimum absolute atomic E-state index is 0.0689. The Morgan fingerprint density at radius 1 is 1.33 bits per heavy atom. The van der Waals surface area contributed by atoms with Crippen LogP contribution in [0.15, 0.2) is 0 Å². The summed E-state index contributed by atoms with van der Waals surface area (Å²) in [4.78, 5) is 13.4. The van der Waals surface area contributed by atoms with Crippen LogP contribution in [-0.4, -0.2) is 41.8 Å². The summed E-state index contributed by atoms with van der Waals surface area (Å²) >= 11 is 0. The summed E-state index contributed by atoms with van der Waals surface area (Å²) in [5, 5.41) is 6.70. The van der Waals surface area contributed by atoms with Crippen molar-refractivity contribution in [2.45, 2.75) is 37.9 Å². The van der Waals surface area contributed by atoms with Gasteiger partial charge in [0.05, 0.1) is 11.2 Å². The zero-order chi connectivity index (χ0) is 11.1. The predicted molar refractivity (Wildman–Crippen MR) is 58.3 cm³/mol. The molecule has 0 aromatic rings. The number of carbonyl (C=O) groups is 1. The molecule has 0 unspecified atom stereocenters. The van der Waals surface area contributed by atoms with Gasteiger partial charge in [-0.2, -0.15) is 0 Å². The van der Waals surface area contributed by atoms with Crippen LogP contribution in [-0.2, 0) is 0 Å². The molecular weight excluding hydrogens is 192 g/mol. The first-order valence-corrected chi connectivity index (χ1v) is 5.53. The van der Waals surface area contributed by atoms with Gasteiger partial charge in [-0.15, -0.1) is 0 Å². The standard InChI is InChI=1S/C10H20N4O/c1-9(2)13-7-10(14(9)8(11)15)3-5-12-6-4-10/h12-13H,3-7H2,1-2H3,(H2,11,15). The van der Waals surface area contributed by atoms with E-state index in [-0.39, 0.29) is 17.2 Å².